The molecule has 0 bridgehead atoms. The number of carbonyl (C=O) groups is 1. The molecule has 5 nitrogen and oxygen atoms in total. The number of rotatable bonds is 4. The Hall–Kier alpha value is -2.17. The second kappa shape index (κ2) is 5.95. The Balaban J connectivity index is 3.17. The van der Waals surface area contributed by atoms with Crippen molar-refractivity contribution in [2.45, 2.75) is 20.3 Å². The topological polar surface area (TPSA) is 69.4 Å². The average Bonchev–Trinajstić information content (AvgIpc) is 2.39. The minimum Gasteiger partial charge on any atom is -0.466 e. The molecule has 0 heterocycles. The normalized spacial score (nSPS) is 11.7. The fourth-order valence-corrected chi connectivity index (χ4v) is 1.75. The summed E-state index contributed by atoms with van der Waals surface area (Å²) in [7, 11) is 1.33. The average molecular weight is 249 g/mol. The Morgan fingerprint density at radius 3 is 2.28 bits per heavy atom. The van der Waals surface area contributed by atoms with E-state index in [-0.39, 0.29) is 11.7 Å². The maximum absolute atomic E-state index is 11.5. The Morgan fingerprint density at radius 2 is 1.89 bits per heavy atom. The number of nitro benzene ring substituents is 1. The van der Waals surface area contributed by atoms with Crippen molar-refractivity contribution in [3.05, 3.63) is 45.5 Å². The molecule has 5 heteroatoms. The molecule has 18 heavy (non-hydrogen) atoms. The third-order valence-corrected chi connectivity index (χ3v) is 2.72. The van der Waals surface area contributed by atoms with Crippen molar-refractivity contribution in [3.8, 4) is 0 Å². The van der Waals surface area contributed by atoms with E-state index in [2.05, 4.69) is 4.74 Å². The molecule has 0 aliphatic carbocycles. The van der Waals surface area contributed by atoms with E-state index in [0.717, 1.165) is 11.1 Å². The van der Waals surface area contributed by atoms with Gasteiger partial charge in [-0.25, -0.2) is 4.79 Å². The van der Waals surface area contributed by atoms with Crippen molar-refractivity contribution in [2.75, 3.05) is 7.11 Å². The van der Waals surface area contributed by atoms with Crippen molar-refractivity contribution < 1.29 is 14.5 Å². The summed E-state index contributed by atoms with van der Waals surface area (Å²) in [6.45, 7) is 3.61. The molecular formula is C13H15NO4. The number of methoxy groups -OCH3 is 1. The first-order chi connectivity index (χ1) is 8.51. The summed E-state index contributed by atoms with van der Waals surface area (Å²) in [4.78, 5) is 21.6. The van der Waals surface area contributed by atoms with Crippen molar-refractivity contribution in [1.82, 2.24) is 0 Å². The molecule has 0 unspecified atom stereocenters. The summed E-state index contributed by atoms with van der Waals surface area (Å²) < 4.78 is 4.67. The molecule has 1 aromatic rings. The molecule has 0 aromatic heterocycles. The van der Waals surface area contributed by atoms with Gasteiger partial charge < -0.3 is 4.74 Å². The van der Waals surface area contributed by atoms with Crippen LogP contribution in [-0.2, 0) is 9.53 Å². The first kappa shape index (κ1) is 13.9. The van der Waals surface area contributed by atoms with Gasteiger partial charge in [0.15, 0.2) is 0 Å². The van der Waals surface area contributed by atoms with Gasteiger partial charge in [-0.3, -0.25) is 10.1 Å². The molecular weight excluding hydrogens is 234 g/mol. The van der Waals surface area contributed by atoms with Crippen LogP contribution in [0.15, 0.2) is 29.8 Å². The van der Waals surface area contributed by atoms with E-state index in [1.165, 1.54) is 19.2 Å². The second-order valence-electron chi connectivity index (χ2n) is 3.75. The van der Waals surface area contributed by atoms with Gasteiger partial charge in [0.05, 0.1) is 12.0 Å². The fourth-order valence-electron chi connectivity index (χ4n) is 1.75. The minimum atomic E-state index is -0.452. The Labute approximate surface area is 105 Å². The van der Waals surface area contributed by atoms with Gasteiger partial charge in [0, 0.05) is 17.7 Å². The van der Waals surface area contributed by atoms with Gasteiger partial charge in [0.2, 0.25) is 0 Å². The molecule has 0 radical (unpaired) electrons. The van der Waals surface area contributed by atoms with Crippen LogP contribution in [-0.4, -0.2) is 18.0 Å². The summed E-state index contributed by atoms with van der Waals surface area (Å²) in [5.74, 6) is -0.384. The highest BCUT2D eigenvalue weighted by atomic mass is 16.6. The van der Waals surface area contributed by atoms with E-state index >= 15 is 0 Å². The van der Waals surface area contributed by atoms with Crippen LogP contribution in [0.25, 0.3) is 5.57 Å². The predicted octanol–water partition coefficient (Wildman–Crippen LogP) is 2.95. The number of nitrogens with zero attached hydrogens (tertiary/aromatic N) is 1. The molecule has 0 aliphatic rings. The number of allylic oxidation sites excluding steroid dienone is 1. The molecule has 96 valence electrons. The molecule has 0 aliphatic heterocycles. The van der Waals surface area contributed by atoms with Crippen LogP contribution in [0.3, 0.4) is 0 Å². The van der Waals surface area contributed by atoms with Crippen LogP contribution in [0.5, 0.6) is 0 Å². The number of non-ortho nitro benzene ring substituents is 1. The van der Waals surface area contributed by atoms with Crippen molar-refractivity contribution >= 4 is 17.2 Å². The Morgan fingerprint density at radius 1 is 1.33 bits per heavy atom. The standard InChI is InChI=1S/C13H15NO4/c1-4-12(9(2)13(15)18-3)10-5-7-11(8-6-10)14(16)17/h5-8H,4H2,1-3H3/b12-9-. The zero-order chi connectivity index (χ0) is 13.7. The van der Waals surface area contributed by atoms with E-state index < -0.39 is 4.92 Å². The molecule has 0 saturated carbocycles. The minimum absolute atomic E-state index is 0.0323. The number of esters is 1. The first-order valence-electron chi connectivity index (χ1n) is 5.54. The highest BCUT2D eigenvalue weighted by Gasteiger charge is 2.12. The quantitative estimate of drug-likeness (QED) is 0.356. The number of hydrogen-bond acceptors (Lipinski definition) is 4. The van der Waals surface area contributed by atoms with Crippen LogP contribution in [0.1, 0.15) is 25.8 Å². The lowest BCUT2D eigenvalue weighted by molar-refractivity contribution is -0.384. The van der Waals surface area contributed by atoms with Gasteiger partial charge in [-0.1, -0.05) is 6.92 Å². The number of nitro groups is 1. The lowest BCUT2D eigenvalue weighted by atomic mass is 9.98. The van der Waals surface area contributed by atoms with Gasteiger partial charge in [-0.2, -0.15) is 0 Å². The van der Waals surface area contributed by atoms with Gasteiger partial charge in [-0.05, 0) is 36.6 Å². The van der Waals surface area contributed by atoms with Gasteiger partial charge in [0.1, 0.15) is 0 Å². The predicted molar refractivity (Wildman–Crippen MR) is 68.0 cm³/mol. The van der Waals surface area contributed by atoms with E-state index in [9.17, 15) is 14.9 Å². The molecule has 1 rings (SSSR count). The molecule has 0 fully saturated rings. The highest BCUT2D eigenvalue weighted by molar-refractivity contribution is 5.97. The van der Waals surface area contributed by atoms with Crippen molar-refractivity contribution in [2.24, 2.45) is 0 Å². The molecule has 1 aromatic carbocycles. The Kier molecular flexibility index (Phi) is 4.59. The summed E-state index contributed by atoms with van der Waals surface area (Å²) >= 11 is 0. The molecule has 0 amide bonds. The highest BCUT2D eigenvalue weighted by Crippen LogP contribution is 2.24. The molecule has 0 saturated heterocycles. The zero-order valence-electron chi connectivity index (χ0n) is 10.6. The summed E-state index contributed by atoms with van der Waals surface area (Å²) in [6.07, 6.45) is 0.652. The monoisotopic (exact) mass is 249 g/mol. The maximum Gasteiger partial charge on any atom is 0.333 e. The summed E-state index contributed by atoms with van der Waals surface area (Å²) in [5.41, 5.74) is 2.18. The third-order valence-electron chi connectivity index (χ3n) is 2.72. The second-order valence-corrected chi connectivity index (χ2v) is 3.75. The summed E-state index contributed by atoms with van der Waals surface area (Å²) in [5, 5.41) is 10.6. The van der Waals surface area contributed by atoms with Crippen LogP contribution >= 0.6 is 0 Å². The van der Waals surface area contributed by atoms with Gasteiger partial charge >= 0.3 is 5.97 Å². The van der Waals surface area contributed by atoms with Crippen LogP contribution < -0.4 is 0 Å². The van der Waals surface area contributed by atoms with Crippen molar-refractivity contribution in [1.29, 1.82) is 0 Å². The maximum atomic E-state index is 11.5. The van der Waals surface area contributed by atoms with Crippen LogP contribution in [0.4, 0.5) is 5.69 Å². The Bertz CT molecular complexity index is 488. The van der Waals surface area contributed by atoms with Crippen molar-refractivity contribution in [3.63, 3.8) is 0 Å². The van der Waals surface area contributed by atoms with Crippen LogP contribution in [0.2, 0.25) is 0 Å². The number of benzene rings is 1. The molecule has 0 spiro atoms. The number of hydrogen-bond donors (Lipinski definition) is 0. The fraction of sp³-hybridized carbons (Fsp3) is 0.308. The van der Waals surface area contributed by atoms with E-state index in [0.29, 0.717) is 12.0 Å². The smallest absolute Gasteiger partial charge is 0.333 e. The largest absolute Gasteiger partial charge is 0.466 e. The lowest BCUT2D eigenvalue weighted by Crippen LogP contribution is -2.04. The third kappa shape index (κ3) is 2.94. The molecule has 0 atom stereocenters. The molecule has 0 N–H and O–H groups in total. The van der Waals surface area contributed by atoms with E-state index in [1.807, 2.05) is 6.92 Å². The van der Waals surface area contributed by atoms with Crippen LogP contribution in [0, 0.1) is 10.1 Å². The summed E-state index contributed by atoms with van der Waals surface area (Å²) in [6, 6.07) is 6.14. The van der Waals surface area contributed by atoms with Gasteiger partial charge in [0.25, 0.3) is 5.69 Å². The zero-order valence-corrected chi connectivity index (χ0v) is 10.6. The first-order valence-corrected chi connectivity index (χ1v) is 5.54. The SMILES string of the molecule is CC/C(=C(\C)C(=O)OC)c1ccc([N+](=O)[O-])cc1. The van der Waals surface area contributed by atoms with Gasteiger partial charge in [-0.15, -0.1) is 0 Å². The van der Waals surface area contributed by atoms with E-state index in [1.54, 1.807) is 19.1 Å². The number of ether oxygens (including phenoxy) is 1. The number of carbonyl (C=O) groups excluding carboxylic acids is 1. The lowest BCUT2D eigenvalue weighted by Gasteiger charge is -2.09. The van der Waals surface area contributed by atoms with E-state index in [4.69, 9.17) is 0 Å².